The zero-order valence-electron chi connectivity index (χ0n) is 14.1. The third-order valence-corrected chi connectivity index (χ3v) is 4.44. The molecule has 1 fully saturated rings. The minimum atomic E-state index is -4.48. The second kappa shape index (κ2) is 8.09. The molecule has 1 saturated heterocycles. The first kappa shape index (κ1) is 20.3. The van der Waals surface area contributed by atoms with Crippen molar-refractivity contribution in [3.8, 4) is 5.69 Å². The molecule has 0 aliphatic carbocycles. The maximum Gasteiger partial charge on any atom is 0.433 e. The predicted octanol–water partition coefficient (Wildman–Crippen LogP) is 3.64. The van der Waals surface area contributed by atoms with Crippen LogP contribution in [0.4, 0.5) is 18.9 Å². The van der Waals surface area contributed by atoms with Gasteiger partial charge in [0.1, 0.15) is 5.69 Å². The highest BCUT2D eigenvalue weighted by molar-refractivity contribution is 5.93. The number of anilines is 1. The smallest absolute Gasteiger partial charge is 0.326 e. The van der Waals surface area contributed by atoms with Gasteiger partial charge in [-0.1, -0.05) is 6.92 Å². The maximum atomic E-state index is 12.9. The van der Waals surface area contributed by atoms with Crippen LogP contribution >= 0.6 is 12.4 Å². The summed E-state index contributed by atoms with van der Waals surface area (Å²) in [4.78, 5) is 12.4. The molecule has 1 aliphatic heterocycles. The Kier molecular flexibility index (Phi) is 6.30. The van der Waals surface area contributed by atoms with Crippen molar-refractivity contribution in [3.63, 3.8) is 0 Å². The van der Waals surface area contributed by atoms with Crippen molar-refractivity contribution >= 4 is 24.0 Å². The maximum absolute atomic E-state index is 12.9. The van der Waals surface area contributed by atoms with E-state index in [0.717, 1.165) is 36.3 Å². The van der Waals surface area contributed by atoms with Gasteiger partial charge < -0.3 is 10.6 Å². The molecule has 1 aromatic heterocycles. The highest BCUT2D eigenvalue weighted by Gasteiger charge is 2.35. The van der Waals surface area contributed by atoms with Gasteiger partial charge in [-0.25, -0.2) is 4.68 Å². The minimum absolute atomic E-state index is 0. The van der Waals surface area contributed by atoms with Crippen LogP contribution in [0.25, 0.3) is 5.69 Å². The van der Waals surface area contributed by atoms with Crippen LogP contribution < -0.4 is 10.6 Å². The fraction of sp³-hybridized carbons (Fsp3) is 0.412. The molecule has 0 spiro atoms. The monoisotopic (exact) mass is 388 g/mol. The van der Waals surface area contributed by atoms with Crippen LogP contribution in [-0.2, 0) is 11.0 Å². The van der Waals surface area contributed by atoms with Gasteiger partial charge in [0.25, 0.3) is 0 Å². The van der Waals surface area contributed by atoms with Crippen LogP contribution in [-0.4, -0.2) is 28.3 Å². The number of halogens is 4. The van der Waals surface area contributed by atoms with E-state index in [1.807, 2.05) is 6.92 Å². The molecule has 0 saturated carbocycles. The topological polar surface area (TPSA) is 59.0 Å². The lowest BCUT2D eigenvalue weighted by Crippen LogP contribution is -2.33. The Morgan fingerprint density at radius 1 is 1.31 bits per heavy atom. The van der Waals surface area contributed by atoms with E-state index in [-0.39, 0.29) is 36.0 Å². The number of nitrogens with one attached hydrogen (secondary N) is 2. The third-order valence-electron chi connectivity index (χ3n) is 4.44. The number of nitrogens with zero attached hydrogens (tertiary/aromatic N) is 2. The second-order valence-corrected chi connectivity index (χ2v) is 6.03. The van der Waals surface area contributed by atoms with Crippen molar-refractivity contribution in [3.05, 3.63) is 42.2 Å². The summed E-state index contributed by atoms with van der Waals surface area (Å²) in [6.07, 6.45) is -1.72. The van der Waals surface area contributed by atoms with Crippen LogP contribution in [0.15, 0.2) is 36.5 Å². The number of rotatable bonds is 4. The zero-order valence-corrected chi connectivity index (χ0v) is 14.9. The van der Waals surface area contributed by atoms with E-state index in [9.17, 15) is 18.0 Å². The Labute approximate surface area is 155 Å². The summed E-state index contributed by atoms with van der Waals surface area (Å²) in [5, 5.41) is 9.86. The number of benzene rings is 1. The van der Waals surface area contributed by atoms with Crippen molar-refractivity contribution < 1.29 is 18.0 Å². The number of aromatic nitrogens is 2. The van der Waals surface area contributed by atoms with Crippen LogP contribution in [0, 0.1) is 5.92 Å². The van der Waals surface area contributed by atoms with Crippen molar-refractivity contribution in [2.45, 2.75) is 32.0 Å². The quantitative estimate of drug-likeness (QED) is 0.840. The number of alkyl halides is 3. The van der Waals surface area contributed by atoms with Crippen LogP contribution in [0.2, 0.25) is 0 Å². The Bertz CT molecular complexity index is 745. The van der Waals surface area contributed by atoms with E-state index in [0.29, 0.717) is 5.69 Å². The summed E-state index contributed by atoms with van der Waals surface area (Å²) in [5.41, 5.74) is -0.00684. The van der Waals surface area contributed by atoms with E-state index in [1.54, 1.807) is 12.1 Å². The van der Waals surface area contributed by atoms with E-state index in [4.69, 9.17) is 0 Å². The molecule has 2 heterocycles. The van der Waals surface area contributed by atoms with Gasteiger partial charge >= 0.3 is 6.18 Å². The summed E-state index contributed by atoms with van der Waals surface area (Å²) in [6, 6.07) is 7.26. The molecular formula is C17H20ClF3N4O. The van der Waals surface area contributed by atoms with Crippen molar-refractivity contribution in [1.29, 1.82) is 0 Å². The normalized spacial score (nSPS) is 19.8. The molecule has 26 heavy (non-hydrogen) atoms. The van der Waals surface area contributed by atoms with Gasteiger partial charge in [-0.15, -0.1) is 12.4 Å². The Morgan fingerprint density at radius 3 is 2.62 bits per heavy atom. The molecular weight excluding hydrogens is 369 g/mol. The summed E-state index contributed by atoms with van der Waals surface area (Å²) >= 11 is 0. The number of amides is 1. The van der Waals surface area contributed by atoms with Gasteiger partial charge in [0, 0.05) is 11.7 Å². The molecule has 2 unspecified atom stereocenters. The van der Waals surface area contributed by atoms with Gasteiger partial charge in [0.05, 0.1) is 17.8 Å². The van der Waals surface area contributed by atoms with E-state index in [1.165, 1.54) is 12.1 Å². The SMILES string of the molecule is CCC1NCCC1C(=O)Nc1ccc(-n2nccc2C(F)(F)F)cc1.Cl. The van der Waals surface area contributed by atoms with Crippen molar-refractivity contribution in [1.82, 2.24) is 15.1 Å². The predicted molar refractivity (Wildman–Crippen MR) is 94.6 cm³/mol. The number of hydrogen-bond donors (Lipinski definition) is 2. The highest BCUT2D eigenvalue weighted by atomic mass is 35.5. The van der Waals surface area contributed by atoms with E-state index >= 15 is 0 Å². The summed E-state index contributed by atoms with van der Waals surface area (Å²) in [5.74, 6) is -0.160. The standard InChI is InChI=1S/C17H19F3N4O.ClH/c1-2-14-13(7-9-21-14)16(25)23-11-3-5-12(6-4-11)24-15(8-10-22-24)17(18,19)20;/h3-6,8,10,13-14,21H,2,7,9H2,1H3,(H,23,25);1H. The molecule has 2 N–H and O–H groups in total. The van der Waals surface area contributed by atoms with Crippen LogP contribution in [0.3, 0.4) is 0 Å². The summed E-state index contributed by atoms with van der Waals surface area (Å²) in [6.45, 7) is 2.84. The van der Waals surface area contributed by atoms with Crippen LogP contribution in [0.5, 0.6) is 0 Å². The second-order valence-electron chi connectivity index (χ2n) is 6.03. The van der Waals surface area contributed by atoms with E-state index < -0.39 is 11.9 Å². The van der Waals surface area contributed by atoms with Gasteiger partial charge in [-0.2, -0.15) is 18.3 Å². The van der Waals surface area contributed by atoms with Gasteiger partial charge in [0.15, 0.2) is 0 Å². The first-order valence-electron chi connectivity index (χ1n) is 8.16. The molecule has 3 rings (SSSR count). The molecule has 9 heteroatoms. The van der Waals surface area contributed by atoms with Gasteiger partial charge in [0.2, 0.25) is 5.91 Å². The third kappa shape index (κ3) is 4.19. The zero-order chi connectivity index (χ0) is 18.0. The first-order valence-corrected chi connectivity index (χ1v) is 8.16. The molecule has 0 radical (unpaired) electrons. The molecule has 1 aliphatic rings. The lowest BCUT2D eigenvalue weighted by atomic mass is 9.98. The Balaban J connectivity index is 0.00000243. The first-order chi connectivity index (χ1) is 11.9. The lowest BCUT2D eigenvalue weighted by Gasteiger charge is -2.17. The van der Waals surface area contributed by atoms with Gasteiger partial charge in [-0.05, 0) is 49.7 Å². The number of hydrogen-bond acceptors (Lipinski definition) is 3. The highest BCUT2D eigenvalue weighted by Crippen LogP contribution is 2.30. The van der Waals surface area contributed by atoms with Crippen molar-refractivity contribution in [2.24, 2.45) is 5.92 Å². The molecule has 142 valence electrons. The molecule has 1 aromatic carbocycles. The Morgan fingerprint density at radius 2 is 2.00 bits per heavy atom. The fourth-order valence-corrected chi connectivity index (χ4v) is 3.15. The molecule has 0 bridgehead atoms. The molecule has 2 atom stereocenters. The van der Waals surface area contributed by atoms with E-state index in [2.05, 4.69) is 15.7 Å². The number of carbonyl (C=O) groups is 1. The van der Waals surface area contributed by atoms with Crippen LogP contribution in [0.1, 0.15) is 25.5 Å². The van der Waals surface area contributed by atoms with Crippen molar-refractivity contribution in [2.75, 3.05) is 11.9 Å². The minimum Gasteiger partial charge on any atom is -0.326 e. The average molecular weight is 389 g/mol. The largest absolute Gasteiger partial charge is 0.433 e. The lowest BCUT2D eigenvalue weighted by molar-refractivity contribution is -0.142. The summed E-state index contributed by atoms with van der Waals surface area (Å²) in [7, 11) is 0. The molecule has 1 amide bonds. The van der Waals surface area contributed by atoms with Gasteiger partial charge in [-0.3, -0.25) is 4.79 Å². The number of carbonyl (C=O) groups excluding carboxylic acids is 1. The fourth-order valence-electron chi connectivity index (χ4n) is 3.15. The molecule has 2 aromatic rings. The Hall–Kier alpha value is -2.06. The average Bonchev–Trinajstić information content (AvgIpc) is 3.24. The summed E-state index contributed by atoms with van der Waals surface area (Å²) < 4.78 is 39.6. The molecule has 5 nitrogen and oxygen atoms in total.